The first kappa shape index (κ1) is 14.8. The van der Waals surface area contributed by atoms with E-state index in [1.807, 2.05) is 19.9 Å². The summed E-state index contributed by atoms with van der Waals surface area (Å²) in [5, 5.41) is 14.5. The lowest BCUT2D eigenvalue weighted by atomic mass is 10.2. The Morgan fingerprint density at radius 2 is 2.32 bits per heavy atom. The summed E-state index contributed by atoms with van der Waals surface area (Å²) in [7, 11) is 0. The van der Waals surface area contributed by atoms with Crippen LogP contribution < -0.4 is 16.4 Å². The quantitative estimate of drug-likeness (QED) is 0.711. The van der Waals surface area contributed by atoms with Crippen molar-refractivity contribution in [3.05, 3.63) is 17.8 Å². The molecule has 0 unspecified atom stereocenters. The van der Waals surface area contributed by atoms with Crippen LogP contribution in [0.3, 0.4) is 0 Å². The number of nitrogen functional groups attached to an aromatic ring is 1. The molecule has 0 aliphatic heterocycles. The van der Waals surface area contributed by atoms with Crippen molar-refractivity contribution >= 4 is 17.4 Å². The van der Waals surface area contributed by atoms with Gasteiger partial charge in [-0.2, -0.15) is 5.26 Å². The minimum atomic E-state index is -0.00610. The summed E-state index contributed by atoms with van der Waals surface area (Å²) >= 11 is 0. The maximum Gasteiger partial charge on any atom is 0.221 e. The monoisotopic (exact) mass is 261 g/mol. The van der Waals surface area contributed by atoms with Crippen LogP contribution in [0.5, 0.6) is 0 Å². The molecule has 0 atom stereocenters. The number of rotatable bonds is 6. The number of nitrogens with two attached hydrogens (primary N) is 1. The minimum Gasteiger partial charge on any atom is -0.396 e. The predicted molar refractivity (Wildman–Crippen MR) is 74.3 cm³/mol. The van der Waals surface area contributed by atoms with Gasteiger partial charge < -0.3 is 16.4 Å². The number of pyridine rings is 1. The van der Waals surface area contributed by atoms with Crippen molar-refractivity contribution in [2.45, 2.75) is 20.3 Å². The smallest absolute Gasteiger partial charge is 0.221 e. The van der Waals surface area contributed by atoms with E-state index in [-0.39, 0.29) is 5.91 Å². The Morgan fingerprint density at radius 1 is 1.58 bits per heavy atom. The van der Waals surface area contributed by atoms with Crippen molar-refractivity contribution in [3.63, 3.8) is 0 Å². The summed E-state index contributed by atoms with van der Waals surface area (Å²) in [6.07, 6.45) is 1.80. The average molecular weight is 261 g/mol. The number of carbonyl (C=O) groups excluding carboxylic acids is 1. The minimum absolute atomic E-state index is 0.00610. The number of hydrogen-bond donors (Lipinski definition) is 3. The third kappa shape index (κ3) is 5.25. The van der Waals surface area contributed by atoms with Gasteiger partial charge in [0.05, 0.1) is 11.3 Å². The molecular formula is C13H19N5O. The number of carbonyl (C=O) groups is 1. The van der Waals surface area contributed by atoms with E-state index in [0.29, 0.717) is 42.5 Å². The number of nitrogens with one attached hydrogen (secondary N) is 2. The lowest BCUT2D eigenvalue weighted by molar-refractivity contribution is -0.120. The molecule has 0 saturated carbocycles. The Labute approximate surface area is 113 Å². The van der Waals surface area contributed by atoms with Crippen molar-refractivity contribution in [1.29, 1.82) is 5.26 Å². The Hall–Kier alpha value is -2.29. The number of aromatic nitrogens is 1. The zero-order valence-corrected chi connectivity index (χ0v) is 11.2. The number of nitriles is 1. The van der Waals surface area contributed by atoms with Crippen molar-refractivity contribution < 1.29 is 4.79 Å². The van der Waals surface area contributed by atoms with Crippen LogP contribution in [-0.4, -0.2) is 24.0 Å². The second-order valence-electron chi connectivity index (χ2n) is 4.65. The highest BCUT2D eigenvalue weighted by molar-refractivity contribution is 5.76. The molecule has 4 N–H and O–H groups in total. The first-order valence-corrected chi connectivity index (χ1v) is 6.19. The van der Waals surface area contributed by atoms with Gasteiger partial charge in [-0.3, -0.25) is 4.79 Å². The van der Waals surface area contributed by atoms with Gasteiger partial charge in [0.1, 0.15) is 11.9 Å². The van der Waals surface area contributed by atoms with Gasteiger partial charge in [-0.25, -0.2) is 4.98 Å². The van der Waals surface area contributed by atoms with E-state index in [4.69, 9.17) is 11.0 Å². The van der Waals surface area contributed by atoms with E-state index in [2.05, 4.69) is 15.6 Å². The summed E-state index contributed by atoms with van der Waals surface area (Å²) in [4.78, 5) is 15.5. The normalized spacial score (nSPS) is 10.0. The van der Waals surface area contributed by atoms with Gasteiger partial charge >= 0.3 is 0 Å². The van der Waals surface area contributed by atoms with E-state index >= 15 is 0 Å². The van der Waals surface area contributed by atoms with E-state index in [1.165, 1.54) is 6.20 Å². The highest BCUT2D eigenvalue weighted by Crippen LogP contribution is 2.15. The van der Waals surface area contributed by atoms with E-state index in [0.717, 1.165) is 0 Å². The highest BCUT2D eigenvalue weighted by atomic mass is 16.1. The first-order valence-electron chi connectivity index (χ1n) is 6.19. The molecule has 0 spiro atoms. The Balaban J connectivity index is 2.37. The van der Waals surface area contributed by atoms with E-state index in [9.17, 15) is 4.79 Å². The summed E-state index contributed by atoms with van der Waals surface area (Å²) in [5.74, 6) is 0.928. The molecule has 0 radical (unpaired) electrons. The molecule has 1 heterocycles. The van der Waals surface area contributed by atoms with Crippen LogP contribution in [0.1, 0.15) is 25.8 Å². The Morgan fingerprint density at radius 3 is 2.89 bits per heavy atom. The van der Waals surface area contributed by atoms with Gasteiger partial charge in [-0.05, 0) is 12.0 Å². The number of hydrogen-bond acceptors (Lipinski definition) is 5. The Bertz CT molecular complexity index is 478. The number of amides is 1. The zero-order valence-electron chi connectivity index (χ0n) is 11.2. The molecule has 1 rings (SSSR count). The molecule has 6 heteroatoms. The second kappa shape index (κ2) is 7.21. The third-order valence-electron chi connectivity index (χ3n) is 2.40. The summed E-state index contributed by atoms with van der Waals surface area (Å²) in [5.41, 5.74) is 6.55. The SMILES string of the molecule is CC(C)CNC(=O)CCNc1ncc(C#N)cc1N. The van der Waals surface area contributed by atoms with Gasteiger partial charge in [0.2, 0.25) is 5.91 Å². The fraction of sp³-hybridized carbons (Fsp3) is 0.462. The topological polar surface area (TPSA) is 104 Å². The van der Waals surface area contributed by atoms with Crippen LogP contribution in [0.2, 0.25) is 0 Å². The number of nitrogens with zero attached hydrogens (tertiary/aromatic N) is 2. The van der Waals surface area contributed by atoms with E-state index in [1.54, 1.807) is 6.07 Å². The largest absolute Gasteiger partial charge is 0.396 e. The number of anilines is 2. The fourth-order valence-electron chi connectivity index (χ4n) is 1.39. The highest BCUT2D eigenvalue weighted by Gasteiger charge is 2.05. The third-order valence-corrected chi connectivity index (χ3v) is 2.40. The van der Waals surface area contributed by atoms with Crippen molar-refractivity contribution in [2.24, 2.45) is 5.92 Å². The molecular weight excluding hydrogens is 242 g/mol. The van der Waals surface area contributed by atoms with Gasteiger partial charge in [-0.1, -0.05) is 13.8 Å². The maximum absolute atomic E-state index is 11.5. The molecule has 0 aliphatic rings. The van der Waals surface area contributed by atoms with Crippen LogP contribution in [-0.2, 0) is 4.79 Å². The second-order valence-corrected chi connectivity index (χ2v) is 4.65. The molecule has 0 bridgehead atoms. The predicted octanol–water partition coefficient (Wildman–Crippen LogP) is 1.11. The standard InChI is InChI=1S/C13H19N5O/c1-9(2)7-17-12(19)3-4-16-13-11(15)5-10(6-14)8-18-13/h5,8-9H,3-4,7,15H2,1-2H3,(H,16,18)(H,17,19). The molecule has 102 valence electrons. The first-order chi connectivity index (χ1) is 9.02. The van der Waals surface area contributed by atoms with Crippen LogP contribution in [0, 0.1) is 17.2 Å². The molecule has 0 aromatic carbocycles. The maximum atomic E-state index is 11.5. The molecule has 0 saturated heterocycles. The van der Waals surface area contributed by atoms with Crippen LogP contribution in [0.4, 0.5) is 11.5 Å². The van der Waals surface area contributed by atoms with Crippen molar-refractivity contribution in [3.8, 4) is 6.07 Å². The summed E-state index contributed by atoms with van der Waals surface area (Å²) in [6, 6.07) is 3.51. The molecule has 6 nitrogen and oxygen atoms in total. The molecule has 1 amide bonds. The summed E-state index contributed by atoms with van der Waals surface area (Å²) in [6.45, 7) is 5.21. The van der Waals surface area contributed by atoms with E-state index < -0.39 is 0 Å². The molecule has 19 heavy (non-hydrogen) atoms. The molecule has 1 aromatic rings. The Kier molecular flexibility index (Phi) is 5.61. The van der Waals surface area contributed by atoms with Crippen LogP contribution >= 0.6 is 0 Å². The van der Waals surface area contributed by atoms with Gasteiger partial charge in [-0.15, -0.1) is 0 Å². The lowest BCUT2D eigenvalue weighted by Gasteiger charge is -2.09. The molecule has 0 fully saturated rings. The lowest BCUT2D eigenvalue weighted by Crippen LogP contribution is -2.28. The van der Waals surface area contributed by atoms with Gasteiger partial charge in [0.25, 0.3) is 0 Å². The molecule has 1 aromatic heterocycles. The zero-order chi connectivity index (χ0) is 14.3. The van der Waals surface area contributed by atoms with Crippen LogP contribution in [0.25, 0.3) is 0 Å². The van der Waals surface area contributed by atoms with Crippen LogP contribution in [0.15, 0.2) is 12.3 Å². The van der Waals surface area contributed by atoms with Crippen molar-refractivity contribution in [1.82, 2.24) is 10.3 Å². The van der Waals surface area contributed by atoms with Gasteiger partial charge in [0, 0.05) is 25.7 Å². The van der Waals surface area contributed by atoms with Crippen molar-refractivity contribution in [2.75, 3.05) is 24.1 Å². The summed E-state index contributed by atoms with van der Waals surface area (Å²) < 4.78 is 0. The van der Waals surface area contributed by atoms with Gasteiger partial charge in [0.15, 0.2) is 0 Å². The average Bonchev–Trinajstić information content (AvgIpc) is 2.38. The molecule has 0 aliphatic carbocycles. The fourth-order valence-corrected chi connectivity index (χ4v) is 1.39.